The number of benzene rings is 1. The highest BCUT2D eigenvalue weighted by molar-refractivity contribution is 7.89. The van der Waals surface area contributed by atoms with Gasteiger partial charge in [0.05, 0.1) is 6.26 Å². The largest absolute Gasteiger partial charge is 0.381 e. The number of hydrogen-bond acceptors (Lipinski definition) is 5. The Balaban J connectivity index is 1.97. The Morgan fingerprint density at radius 2 is 1.90 bits per heavy atom. The fourth-order valence-electron chi connectivity index (χ4n) is 1.67. The van der Waals surface area contributed by atoms with Crippen molar-refractivity contribution in [2.24, 2.45) is 0 Å². The van der Waals surface area contributed by atoms with Crippen molar-refractivity contribution >= 4 is 21.6 Å². The number of nitrogens with zero attached hydrogens (tertiary/aromatic N) is 1. The van der Waals surface area contributed by atoms with Gasteiger partial charge in [-0.3, -0.25) is 9.78 Å². The second-order valence-electron chi connectivity index (χ2n) is 4.50. The van der Waals surface area contributed by atoms with Crippen LogP contribution in [0.5, 0.6) is 0 Å². The molecular formula is C14H15N3O3S. The van der Waals surface area contributed by atoms with Crippen LogP contribution in [0.4, 0.5) is 5.69 Å². The molecule has 7 heteroatoms. The Morgan fingerprint density at radius 3 is 2.48 bits per heavy atom. The molecular weight excluding hydrogens is 290 g/mol. The van der Waals surface area contributed by atoms with E-state index in [0.29, 0.717) is 6.54 Å². The average molecular weight is 305 g/mol. The van der Waals surface area contributed by atoms with Gasteiger partial charge in [0.25, 0.3) is 5.91 Å². The Hall–Kier alpha value is -2.41. The highest BCUT2D eigenvalue weighted by Gasteiger charge is 2.10. The number of anilines is 1. The van der Waals surface area contributed by atoms with Gasteiger partial charge in [0.2, 0.25) is 10.0 Å². The van der Waals surface area contributed by atoms with Crippen LogP contribution in [0.3, 0.4) is 0 Å². The molecule has 0 saturated carbocycles. The van der Waals surface area contributed by atoms with Crippen molar-refractivity contribution in [3.63, 3.8) is 0 Å². The van der Waals surface area contributed by atoms with Gasteiger partial charge in [-0.2, -0.15) is 0 Å². The lowest BCUT2D eigenvalue weighted by atomic mass is 10.2. The third-order valence-corrected chi connectivity index (χ3v) is 3.20. The summed E-state index contributed by atoms with van der Waals surface area (Å²) in [6.45, 7) is 0.614. The van der Waals surface area contributed by atoms with Crippen molar-refractivity contribution in [1.29, 1.82) is 0 Å². The molecule has 6 nitrogen and oxygen atoms in total. The lowest BCUT2D eigenvalue weighted by Gasteiger charge is -2.07. The third kappa shape index (κ3) is 4.88. The number of nitrogens with one attached hydrogen (secondary N) is 2. The maximum Gasteiger partial charge on any atom is 0.264 e. The quantitative estimate of drug-likeness (QED) is 0.871. The van der Waals surface area contributed by atoms with E-state index in [1.807, 2.05) is 16.9 Å². The predicted molar refractivity (Wildman–Crippen MR) is 80.3 cm³/mol. The summed E-state index contributed by atoms with van der Waals surface area (Å²) in [6.07, 6.45) is 4.41. The van der Waals surface area contributed by atoms with Crippen LogP contribution < -0.4 is 10.0 Å². The summed E-state index contributed by atoms with van der Waals surface area (Å²) in [5.41, 5.74) is 2.15. The fourth-order valence-corrected chi connectivity index (χ4v) is 2.13. The summed E-state index contributed by atoms with van der Waals surface area (Å²) in [5.74, 6) is -0.642. The molecule has 21 heavy (non-hydrogen) atoms. The summed E-state index contributed by atoms with van der Waals surface area (Å²) < 4.78 is 23.9. The van der Waals surface area contributed by atoms with Crippen LogP contribution >= 0.6 is 0 Å². The first-order valence-corrected chi connectivity index (χ1v) is 8.08. The van der Waals surface area contributed by atoms with Gasteiger partial charge in [-0.05, 0) is 35.9 Å². The minimum atomic E-state index is -3.55. The van der Waals surface area contributed by atoms with Crippen molar-refractivity contribution in [2.45, 2.75) is 6.54 Å². The van der Waals surface area contributed by atoms with Gasteiger partial charge in [0.15, 0.2) is 0 Å². The van der Waals surface area contributed by atoms with Crippen LogP contribution in [0.1, 0.15) is 15.9 Å². The maximum atomic E-state index is 11.6. The molecule has 1 heterocycles. The average Bonchev–Trinajstić information content (AvgIpc) is 2.45. The lowest BCUT2D eigenvalue weighted by molar-refractivity contribution is 0.0981. The Kier molecular flexibility index (Phi) is 4.54. The molecule has 0 fully saturated rings. The molecule has 0 unspecified atom stereocenters. The smallest absolute Gasteiger partial charge is 0.264 e. The maximum absolute atomic E-state index is 11.6. The van der Waals surface area contributed by atoms with E-state index in [9.17, 15) is 13.2 Å². The zero-order chi connectivity index (χ0) is 15.3. The number of amides is 1. The molecule has 2 rings (SSSR count). The van der Waals surface area contributed by atoms with Gasteiger partial charge in [-0.25, -0.2) is 13.1 Å². The summed E-state index contributed by atoms with van der Waals surface area (Å²) >= 11 is 0. The number of carbonyl (C=O) groups excluding carboxylic acids is 1. The summed E-state index contributed by atoms with van der Waals surface area (Å²) in [6, 6.07) is 10.4. The number of hydrogen-bond donors (Lipinski definition) is 2. The van der Waals surface area contributed by atoms with E-state index in [0.717, 1.165) is 17.5 Å². The Labute approximate surface area is 123 Å². The summed E-state index contributed by atoms with van der Waals surface area (Å²) in [4.78, 5) is 15.7. The van der Waals surface area contributed by atoms with Crippen LogP contribution in [-0.4, -0.2) is 25.6 Å². The van der Waals surface area contributed by atoms with Crippen LogP contribution in [0, 0.1) is 0 Å². The molecule has 0 aliphatic rings. The fraction of sp³-hybridized carbons (Fsp3) is 0.143. The van der Waals surface area contributed by atoms with E-state index < -0.39 is 15.9 Å². The van der Waals surface area contributed by atoms with E-state index in [4.69, 9.17) is 0 Å². The van der Waals surface area contributed by atoms with E-state index >= 15 is 0 Å². The molecule has 110 valence electrons. The highest BCUT2D eigenvalue weighted by atomic mass is 32.2. The number of carbonyl (C=O) groups is 1. The lowest BCUT2D eigenvalue weighted by Crippen LogP contribution is -2.29. The van der Waals surface area contributed by atoms with Crippen LogP contribution in [0.15, 0.2) is 48.8 Å². The Bertz CT molecular complexity index is 713. The van der Waals surface area contributed by atoms with Gasteiger partial charge in [0, 0.05) is 30.2 Å². The predicted octanol–water partition coefficient (Wildman–Crippen LogP) is 1.38. The summed E-state index contributed by atoms with van der Waals surface area (Å²) in [7, 11) is -3.55. The molecule has 1 aromatic heterocycles. The normalized spacial score (nSPS) is 10.9. The minimum Gasteiger partial charge on any atom is -0.381 e. The molecule has 2 aromatic rings. The monoisotopic (exact) mass is 305 g/mol. The van der Waals surface area contributed by atoms with E-state index in [1.54, 1.807) is 36.7 Å². The molecule has 0 saturated heterocycles. The third-order valence-electron chi connectivity index (χ3n) is 2.64. The van der Waals surface area contributed by atoms with Gasteiger partial charge in [0.1, 0.15) is 0 Å². The topological polar surface area (TPSA) is 88.2 Å². The molecule has 0 bridgehead atoms. The molecule has 1 amide bonds. The van der Waals surface area contributed by atoms with E-state index in [-0.39, 0.29) is 5.56 Å². The highest BCUT2D eigenvalue weighted by Crippen LogP contribution is 2.11. The van der Waals surface area contributed by atoms with Crippen molar-refractivity contribution in [3.8, 4) is 0 Å². The molecule has 1 aromatic carbocycles. The minimum absolute atomic E-state index is 0.285. The molecule has 2 N–H and O–H groups in total. The van der Waals surface area contributed by atoms with Gasteiger partial charge in [-0.15, -0.1) is 0 Å². The number of aromatic nitrogens is 1. The molecule has 0 spiro atoms. The van der Waals surface area contributed by atoms with Gasteiger partial charge >= 0.3 is 0 Å². The van der Waals surface area contributed by atoms with E-state index in [1.165, 1.54) is 0 Å². The molecule has 0 aliphatic heterocycles. The summed E-state index contributed by atoms with van der Waals surface area (Å²) in [5, 5.41) is 3.19. The second-order valence-corrected chi connectivity index (χ2v) is 6.24. The first kappa shape index (κ1) is 15.0. The standard InChI is InChI=1S/C14H15N3O3S/c1-21(19,20)17-14(18)12-4-6-13(7-5-12)16-10-11-3-2-8-15-9-11/h2-9,16H,10H2,1H3,(H,17,18). The van der Waals surface area contributed by atoms with Crippen molar-refractivity contribution in [3.05, 3.63) is 59.9 Å². The van der Waals surface area contributed by atoms with Crippen LogP contribution in [0.25, 0.3) is 0 Å². The molecule has 0 atom stereocenters. The van der Waals surface area contributed by atoms with Crippen LogP contribution in [-0.2, 0) is 16.6 Å². The van der Waals surface area contributed by atoms with Crippen molar-refractivity contribution in [2.75, 3.05) is 11.6 Å². The SMILES string of the molecule is CS(=O)(=O)NC(=O)c1ccc(NCc2cccnc2)cc1. The number of pyridine rings is 1. The zero-order valence-electron chi connectivity index (χ0n) is 11.4. The van der Waals surface area contributed by atoms with Crippen molar-refractivity contribution < 1.29 is 13.2 Å². The molecule has 0 radical (unpaired) electrons. The van der Waals surface area contributed by atoms with E-state index in [2.05, 4.69) is 10.3 Å². The first-order chi connectivity index (χ1) is 9.94. The molecule has 0 aliphatic carbocycles. The van der Waals surface area contributed by atoms with Crippen molar-refractivity contribution in [1.82, 2.24) is 9.71 Å². The van der Waals surface area contributed by atoms with Gasteiger partial charge in [-0.1, -0.05) is 6.07 Å². The first-order valence-electron chi connectivity index (χ1n) is 6.19. The zero-order valence-corrected chi connectivity index (χ0v) is 12.2. The Morgan fingerprint density at radius 1 is 1.19 bits per heavy atom. The number of rotatable bonds is 5. The number of sulfonamides is 1. The second kappa shape index (κ2) is 6.36. The van der Waals surface area contributed by atoms with Crippen LogP contribution in [0.2, 0.25) is 0 Å². The van der Waals surface area contributed by atoms with Gasteiger partial charge < -0.3 is 5.32 Å².